The maximum atomic E-state index is 12.3. The third-order valence-electron chi connectivity index (χ3n) is 3.07. The number of carbonyl (C=O) groups is 1. The maximum Gasteiger partial charge on any atom is 0.339 e. The SMILES string of the molecule is CCCn1ccnc(-n2nc(C)c(C(=O)O)c2C)c1=O. The van der Waals surface area contributed by atoms with Gasteiger partial charge >= 0.3 is 5.97 Å². The molecule has 106 valence electrons. The van der Waals surface area contributed by atoms with Crippen molar-refractivity contribution in [3.8, 4) is 5.82 Å². The zero-order valence-electron chi connectivity index (χ0n) is 11.6. The molecule has 0 radical (unpaired) electrons. The second-order valence-electron chi connectivity index (χ2n) is 4.51. The molecule has 7 nitrogen and oxygen atoms in total. The molecule has 0 aliphatic heterocycles. The van der Waals surface area contributed by atoms with E-state index in [0.717, 1.165) is 6.42 Å². The lowest BCUT2D eigenvalue weighted by atomic mass is 10.2. The Hall–Kier alpha value is -2.44. The quantitative estimate of drug-likeness (QED) is 0.904. The molecule has 20 heavy (non-hydrogen) atoms. The lowest BCUT2D eigenvalue weighted by Crippen LogP contribution is -2.26. The van der Waals surface area contributed by atoms with Gasteiger partial charge in [0, 0.05) is 18.9 Å². The Morgan fingerprint density at radius 2 is 2.10 bits per heavy atom. The van der Waals surface area contributed by atoms with Crippen LogP contribution in [0.4, 0.5) is 0 Å². The minimum atomic E-state index is -1.06. The predicted octanol–water partition coefficient (Wildman–Crippen LogP) is 1.15. The first-order valence-corrected chi connectivity index (χ1v) is 6.32. The van der Waals surface area contributed by atoms with Crippen molar-refractivity contribution in [1.82, 2.24) is 19.3 Å². The molecule has 0 fully saturated rings. The summed E-state index contributed by atoms with van der Waals surface area (Å²) in [6.07, 6.45) is 3.95. The number of hydrogen-bond acceptors (Lipinski definition) is 4. The largest absolute Gasteiger partial charge is 0.478 e. The third kappa shape index (κ3) is 2.22. The van der Waals surface area contributed by atoms with Gasteiger partial charge in [0.1, 0.15) is 5.56 Å². The Kier molecular flexibility index (Phi) is 3.69. The van der Waals surface area contributed by atoms with Crippen LogP contribution in [0.3, 0.4) is 0 Å². The van der Waals surface area contributed by atoms with Crippen LogP contribution in [0.5, 0.6) is 0 Å². The van der Waals surface area contributed by atoms with Crippen LogP contribution in [0, 0.1) is 13.8 Å². The Labute approximate surface area is 115 Å². The highest BCUT2D eigenvalue weighted by Gasteiger charge is 2.20. The fourth-order valence-corrected chi connectivity index (χ4v) is 2.16. The summed E-state index contributed by atoms with van der Waals surface area (Å²) in [4.78, 5) is 27.5. The molecule has 7 heteroatoms. The highest BCUT2D eigenvalue weighted by molar-refractivity contribution is 5.90. The summed E-state index contributed by atoms with van der Waals surface area (Å²) in [5, 5.41) is 13.3. The molecule has 0 saturated heterocycles. The summed E-state index contributed by atoms with van der Waals surface area (Å²) in [5.41, 5.74) is 0.588. The molecule has 0 aliphatic rings. The fourth-order valence-electron chi connectivity index (χ4n) is 2.16. The van der Waals surface area contributed by atoms with Gasteiger partial charge in [0.2, 0.25) is 5.82 Å². The van der Waals surface area contributed by atoms with Crippen molar-refractivity contribution in [3.63, 3.8) is 0 Å². The number of aromatic nitrogens is 4. The van der Waals surface area contributed by atoms with Crippen LogP contribution in [0.1, 0.15) is 35.1 Å². The van der Waals surface area contributed by atoms with Crippen LogP contribution in [-0.4, -0.2) is 30.4 Å². The van der Waals surface area contributed by atoms with E-state index in [4.69, 9.17) is 5.11 Å². The topological polar surface area (TPSA) is 90.0 Å². The molecule has 0 amide bonds. The number of hydrogen-bond donors (Lipinski definition) is 1. The Bertz CT molecular complexity index is 715. The molecule has 0 saturated carbocycles. The summed E-state index contributed by atoms with van der Waals surface area (Å²) < 4.78 is 2.84. The van der Waals surface area contributed by atoms with E-state index in [1.165, 1.54) is 10.9 Å². The second-order valence-corrected chi connectivity index (χ2v) is 4.51. The highest BCUT2D eigenvalue weighted by atomic mass is 16.4. The summed E-state index contributed by atoms with van der Waals surface area (Å²) in [6.45, 7) is 5.76. The van der Waals surface area contributed by atoms with Gasteiger partial charge in [-0.05, 0) is 20.3 Å². The van der Waals surface area contributed by atoms with Gasteiger partial charge in [-0.3, -0.25) is 4.79 Å². The number of carboxylic acid groups (broad SMARTS) is 1. The monoisotopic (exact) mass is 276 g/mol. The molecular formula is C13H16N4O3. The molecule has 0 unspecified atom stereocenters. The molecule has 2 aromatic rings. The van der Waals surface area contributed by atoms with Crippen molar-refractivity contribution in [2.24, 2.45) is 0 Å². The van der Waals surface area contributed by atoms with Crippen molar-refractivity contribution in [1.29, 1.82) is 0 Å². The van der Waals surface area contributed by atoms with Gasteiger partial charge in [0.25, 0.3) is 5.56 Å². The summed E-state index contributed by atoms with van der Waals surface area (Å²) in [6, 6.07) is 0. The zero-order valence-corrected chi connectivity index (χ0v) is 11.6. The van der Waals surface area contributed by atoms with Crippen LogP contribution < -0.4 is 5.56 Å². The second kappa shape index (κ2) is 5.28. The Balaban J connectivity index is 2.64. The lowest BCUT2D eigenvalue weighted by molar-refractivity contribution is 0.0695. The van der Waals surface area contributed by atoms with Gasteiger partial charge in [-0.2, -0.15) is 5.10 Å². The molecule has 0 atom stereocenters. The number of carboxylic acids is 1. The summed E-state index contributed by atoms with van der Waals surface area (Å²) in [5.74, 6) is -0.940. The van der Waals surface area contributed by atoms with Crippen LogP contribution >= 0.6 is 0 Å². The third-order valence-corrected chi connectivity index (χ3v) is 3.07. The minimum Gasteiger partial charge on any atom is -0.478 e. The van der Waals surface area contributed by atoms with E-state index in [-0.39, 0.29) is 16.9 Å². The minimum absolute atomic E-state index is 0.108. The first-order valence-electron chi connectivity index (χ1n) is 6.32. The van der Waals surface area contributed by atoms with Gasteiger partial charge in [0.05, 0.1) is 11.4 Å². The van der Waals surface area contributed by atoms with Crippen molar-refractivity contribution in [2.45, 2.75) is 33.7 Å². The molecule has 0 bridgehead atoms. The van der Waals surface area contributed by atoms with Crippen molar-refractivity contribution in [2.75, 3.05) is 0 Å². The van der Waals surface area contributed by atoms with Crippen molar-refractivity contribution < 1.29 is 9.90 Å². The Morgan fingerprint density at radius 3 is 2.65 bits per heavy atom. The highest BCUT2D eigenvalue weighted by Crippen LogP contribution is 2.14. The zero-order chi connectivity index (χ0) is 14.9. The van der Waals surface area contributed by atoms with E-state index in [9.17, 15) is 9.59 Å². The molecule has 0 aromatic carbocycles. The van der Waals surface area contributed by atoms with Gasteiger partial charge in [-0.25, -0.2) is 14.5 Å². The first-order chi connectivity index (χ1) is 9.47. The smallest absolute Gasteiger partial charge is 0.339 e. The van der Waals surface area contributed by atoms with E-state index in [1.54, 1.807) is 24.6 Å². The van der Waals surface area contributed by atoms with E-state index in [1.807, 2.05) is 6.92 Å². The molecular weight excluding hydrogens is 260 g/mol. The number of nitrogens with zero attached hydrogens (tertiary/aromatic N) is 4. The van der Waals surface area contributed by atoms with Gasteiger partial charge in [-0.15, -0.1) is 0 Å². The fraction of sp³-hybridized carbons (Fsp3) is 0.385. The van der Waals surface area contributed by atoms with E-state index in [2.05, 4.69) is 10.1 Å². The molecule has 2 rings (SSSR count). The van der Waals surface area contributed by atoms with Gasteiger partial charge in [-0.1, -0.05) is 6.92 Å². The number of aromatic carboxylic acids is 1. The normalized spacial score (nSPS) is 10.8. The predicted molar refractivity (Wildman–Crippen MR) is 72.3 cm³/mol. The number of aryl methyl sites for hydroxylation is 2. The Morgan fingerprint density at radius 1 is 1.40 bits per heavy atom. The van der Waals surface area contributed by atoms with Crippen molar-refractivity contribution >= 4 is 5.97 Å². The van der Waals surface area contributed by atoms with Crippen LogP contribution in [0.25, 0.3) is 5.82 Å². The maximum absolute atomic E-state index is 12.3. The van der Waals surface area contributed by atoms with Crippen LogP contribution in [0.2, 0.25) is 0 Å². The molecule has 0 spiro atoms. The van der Waals surface area contributed by atoms with Crippen LogP contribution in [0.15, 0.2) is 17.2 Å². The van der Waals surface area contributed by atoms with Gasteiger partial charge < -0.3 is 9.67 Å². The molecule has 0 aliphatic carbocycles. The first kappa shape index (κ1) is 14.0. The van der Waals surface area contributed by atoms with E-state index < -0.39 is 5.97 Å². The van der Waals surface area contributed by atoms with E-state index in [0.29, 0.717) is 17.9 Å². The lowest BCUT2D eigenvalue weighted by Gasteiger charge is -2.07. The molecule has 1 N–H and O–H groups in total. The average Bonchev–Trinajstić information content (AvgIpc) is 2.67. The molecule has 2 heterocycles. The summed E-state index contributed by atoms with van der Waals surface area (Å²) >= 11 is 0. The van der Waals surface area contributed by atoms with E-state index >= 15 is 0 Å². The average molecular weight is 276 g/mol. The number of rotatable bonds is 4. The van der Waals surface area contributed by atoms with Gasteiger partial charge in [0.15, 0.2) is 0 Å². The molecule has 2 aromatic heterocycles. The van der Waals surface area contributed by atoms with Crippen molar-refractivity contribution in [3.05, 3.63) is 39.7 Å². The van der Waals surface area contributed by atoms with Crippen LogP contribution in [-0.2, 0) is 6.54 Å². The standard InChI is InChI=1S/C13H16N4O3/c1-4-6-16-7-5-14-11(12(16)18)17-9(3)10(13(19)20)8(2)15-17/h5,7H,4,6H2,1-3H3,(H,19,20). The summed E-state index contributed by atoms with van der Waals surface area (Å²) in [7, 11) is 0.